The van der Waals surface area contributed by atoms with E-state index in [1.807, 2.05) is 0 Å². The number of anilines is 1. The number of nitrogens with one attached hydrogen (secondary N) is 1. The first-order valence-electron chi connectivity index (χ1n) is 5.17. The van der Waals surface area contributed by atoms with Gasteiger partial charge < -0.3 is 15.0 Å². The van der Waals surface area contributed by atoms with Gasteiger partial charge in [-0.3, -0.25) is 14.4 Å². The molecule has 0 spiro atoms. The maximum absolute atomic E-state index is 11.4. The molecule has 2 N–H and O–H groups in total. The first-order valence-corrected chi connectivity index (χ1v) is 5.17. The van der Waals surface area contributed by atoms with Crippen LogP contribution in [0.4, 0.5) is 5.69 Å². The number of rotatable bonds is 5. The second-order valence-corrected chi connectivity index (χ2v) is 3.66. The van der Waals surface area contributed by atoms with Crippen LogP contribution < -0.4 is 10.9 Å². The summed E-state index contributed by atoms with van der Waals surface area (Å²) >= 11 is 0. The Hall–Kier alpha value is -2.11. The number of carboxylic acid groups (broad SMARTS) is 1. The number of nitrogens with zero attached hydrogens (tertiary/aromatic N) is 1. The van der Waals surface area contributed by atoms with E-state index in [2.05, 4.69) is 5.32 Å². The van der Waals surface area contributed by atoms with Crippen LogP contribution in [0.2, 0.25) is 0 Å². The fourth-order valence-electron chi connectivity index (χ4n) is 1.29. The van der Waals surface area contributed by atoms with Gasteiger partial charge in [-0.2, -0.15) is 0 Å². The van der Waals surface area contributed by atoms with E-state index in [0.717, 1.165) is 0 Å². The largest absolute Gasteiger partial charge is 0.481 e. The van der Waals surface area contributed by atoms with Crippen LogP contribution in [0, 0.1) is 0 Å². The van der Waals surface area contributed by atoms with Gasteiger partial charge in [0.25, 0.3) is 0 Å². The van der Waals surface area contributed by atoms with Crippen molar-refractivity contribution in [3.8, 4) is 0 Å². The number of carbonyl (C=O) groups is 2. The first kappa shape index (κ1) is 13.0. The third-order valence-electron chi connectivity index (χ3n) is 2.16. The van der Waals surface area contributed by atoms with Crippen LogP contribution in [0.25, 0.3) is 0 Å². The molecule has 1 aromatic heterocycles. The molecule has 0 atom stereocenters. The predicted octanol–water partition coefficient (Wildman–Crippen LogP) is 0.579. The molecule has 0 fully saturated rings. The van der Waals surface area contributed by atoms with E-state index in [1.165, 1.54) is 22.9 Å². The average Bonchev–Trinajstić information content (AvgIpc) is 2.23. The molecule has 0 unspecified atom stereocenters. The van der Waals surface area contributed by atoms with Gasteiger partial charge in [-0.1, -0.05) is 0 Å². The Kier molecular flexibility index (Phi) is 4.45. The maximum Gasteiger partial charge on any atom is 0.303 e. The lowest BCUT2D eigenvalue weighted by Crippen LogP contribution is -2.17. The fraction of sp³-hybridized carbons (Fsp3) is 0.364. The van der Waals surface area contributed by atoms with Crippen molar-refractivity contribution in [3.63, 3.8) is 0 Å². The number of aryl methyl sites for hydroxylation is 1. The highest BCUT2D eigenvalue weighted by Crippen LogP contribution is 2.04. The van der Waals surface area contributed by atoms with E-state index >= 15 is 0 Å². The van der Waals surface area contributed by atoms with Gasteiger partial charge in [0.2, 0.25) is 11.5 Å². The van der Waals surface area contributed by atoms with Crippen molar-refractivity contribution < 1.29 is 14.7 Å². The van der Waals surface area contributed by atoms with E-state index in [4.69, 9.17) is 5.11 Å². The number of carboxylic acids is 1. The van der Waals surface area contributed by atoms with Crippen molar-refractivity contribution in [1.29, 1.82) is 0 Å². The molecule has 92 valence electrons. The van der Waals surface area contributed by atoms with E-state index in [1.54, 1.807) is 7.05 Å². The van der Waals surface area contributed by atoms with Crippen LogP contribution in [0.15, 0.2) is 23.1 Å². The molecule has 0 bridgehead atoms. The number of aliphatic carboxylic acids is 1. The molecule has 6 heteroatoms. The maximum atomic E-state index is 11.4. The van der Waals surface area contributed by atoms with Crippen LogP contribution in [0.5, 0.6) is 0 Å². The molecule has 0 aliphatic rings. The van der Waals surface area contributed by atoms with Crippen molar-refractivity contribution in [2.45, 2.75) is 19.3 Å². The first-order chi connectivity index (χ1) is 7.99. The standard InChI is InChI=1S/C11H14N2O4/c1-13-7-8(5-6-10(13)15)12-9(14)3-2-4-11(16)17/h5-7H,2-4H2,1H3,(H,12,14)(H,16,17). The second-order valence-electron chi connectivity index (χ2n) is 3.66. The topological polar surface area (TPSA) is 88.4 Å². The summed E-state index contributed by atoms with van der Waals surface area (Å²) in [5.41, 5.74) is 0.362. The SMILES string of the molecule is Cn1cc(NC(=O)CCCC(=O)O)ccc1=O. The molecule has 1 heterocycles. The van der Waals surface area contributed by atoms with Gasteiger partial charge in [-0.15, -0.1) is 0 Å². The van der Waals surface area contributed by atoms with Crippen LogP contribution in [-0.4, -0.2) is 21.6 Å². The molecule has 0 aliphatic heterocycles. The summed E-state index contributed by atoms with van der Waals surface area (Å²) in [5, 5.41) is 11.0. The molecular weight excluding hydrogens is 224 g/mol. The van der Waals surface area contributed by atoms with Crippen LogP contribution in [0.3, 0.4) is 0 Å². The summed E-state index contributed by atoms with van der Waals surface area (Å²) in [6.07, 6.45) is 1.93. The number of carbonyl (C=O) groups excluding carboxylic acids is 1. The Bertz CT molecular complexity index is 479. The highest BCUT2D eigenvalue weighted by molar-refractivity contribution is 5.90. The quantitative estimate of drug-likeness (QED) is 0.785. The summed E-state index contributed by atoms with van der Waals surface area (Å²) in [6, 6.07) is 2.87. The molecule has 0 aromatic carbocycles. The number of pyridine rings is 1. The number of amides is 1. The molecular formula is C11H14N2O4. The monoisotopic (exact) mass is 238 g/mol. The molecule has 0 radical (unpaired) electrons. The minimum absolute atomic E-state index is 0.0271. The Labute approximate surface area is 97.9 Å². The third kappa shape index (κ3) is 4.50. The highest BCUT2D eigenvalue weighted by atomic mass is 16.4. The van der Waals surface area contributed by atoms with Gasteiger partial charge in [0.1, 0.15) is 0 Å². The van der Waals surface area contributed by atoms with Crippen molar-refractivity contribution in [3.05, 3.63) is 28.7 Å². The van der Waals surface area contributed by atoms with E-state index < -0.39 is 5.97 Å². The normalized spacial score (nSPS) is 9.94. The molecule has 17 heavy (non-hydrogen) atoms. The third-order valence-corrected chi connectivity index (χ3v) is 2.16. The lowest BCUT2D eigenvalue weighted by atomic mass is 10.2. The summed E-state index contributed by atoms with van der Waals surface area (Å²) in [7, 11) is 1.59. The predicted molar refractivity (Wildman–Crippen MR) is 61.8 cm³/mol. The van der Waals surface area contributed by atoms with Crippen LogP contribution >= 0.6 is 0 Å². The minimum atomic E-state index is -0.917. The summed E-state index contributed by atoms with van der Waals surface area (Å²) in [5.74, 6) is -1.18. The fourth-order valence-corrected chi connectivity index (χ4v) is 1.29. The van der Waals surface area contributed by atoms with Crippen LogP contribution in [0.1, 0.15) is 19.3 Å². The Morgan fingerprint density at radius 1 is 1.35 bits per heavy atom. The van der Waals surface area contributed by atoms with Gasteiger partial charge in [-0.05, 0) is 12.5 Å². The van der Waals surface area contributed by atoms with Crippen molar-refractivity contribution in [2.75, 3.05) is 5.32 Å². The minimum Gasteiger partial charge on any atom is -0.481 e. The van der Waals surface area contributed by atoms with Crippen molar-refractivity contribution in [1.82, 2.24) is 4.57 Å². The van der Waals surface area contributed by atoms with Gasteiger partial charge >= 0.3 is 5.97 Å². The number of hydrogen-bond donors (Lipinski definition) is 2. The zero-order valence-electron chi connectivity index (χ0n) is 9.47. The van der Waals surface area contributed by atoms with Crippen LogP contribution in [-0.2, 0) is 16.6 Å². The zero-order chi connectivity index (χ0) is 12.8. The summed E-state index contributed by atoms with van der Waals surface area (Å²) < 4.78 is 1.35. The van der Waals surface area contributed by atoms with E-state index in [9.17, 15) is 14.4 Å². The molecule has 0 aliphatic carbocycles. The van der Waals surface area contributed by atoms with Gasteiger partial charge in [0, 0.05) is 32.2 Å². The van der Waals surface area contributed by atoms with E-state index in [0.29, 0.717) is 12.1 Å². The molecule has 1 amide bonds. The smallest absolute Gasteiger partial charge is 0.303 e. The van der Waals surface area contributed by atoms with Gasteiger partial charge in [0.15, 0.2) is 0 Å². The van der Waals surface area contributed by atoms with Gasteiger partial charge in [0.05, 0.1) is 5.69 Å². The van der Waals surface area contributed by atoms with E-state index in [-0.39, 0.29) is 24.3 Å². The van der Waals surface area contributed by atoms with Crippen molar-refractivity contribution >= 4 is 17.6 Å². The van der Waals surface area contributed by atoms with Crippen molar-refractivity contribution in [2.24, 2.45) is 7.05 Å². The molecule has 1 aromatic rings. The molecule has 6 nitrogen and oxygen atoms in total. The zero-order valence-corrected chi connectivity index (χ0v) is 9.47. The molecule has 0 saturated heterocycles. The number of hydrogen-bond acceptors (Lipinski definition) is 3. The second kappa shape index (κ2) is 5.83. The Balaban J connectivity index is 2.48. The molecule has 1 rings (SSSR count). The summed E-state index contributed by atoms with van der Waals surface area (Å²) in [6.45, 7) is 0. The molecule has 0 saturated carbocycles. The lowest BCUT2D eigenvalue weighted by Gasteiger charge is -2.05. The highest BCUT2D eigenvalue weighted by Gasteiger charge is 2.04. The Morgan fingerprint density at radius 2 is 2.06 bits per heavy atom. The Morgan fingerprint density at radius 3 is 2.65 bits per heavy atom. The summed E-state index contributed by atoms with van der Waals surface area (Å²) in [4.78, 5) is 32.7. The number of aromatic nitrogens is 1. The average molecular weight is 238 g/mol. The lowest BCUT2D eigenvalue weighted by molar-refractivity contribution is -0.137. The van der Waals surface area contributed by atoms with Gasteiger partial charge in [-0.25, -0.2) is 0 Å².